The van der Waals surface area contributed by atoms with Gasteiger partial charge in [-0.15, -0.1) is 0 Å². The minimum absolute atomic E-state index is 0.00850. The van der Waals surface area contributed by atoms with Gasteiger partial charge in [-0.1, -0.05) is 18.2 Å². The van der Waals surface area contributed by atoms with Crippen molar-refractivity contribution in [3.8, 4) is 11.5 Å². The summed E-state index contributed by atoms with van der Waals surface area (Å²) in [6.07, 6.45) is -0.00850. The van der Waals surface area contributed by atoms with E-state index in [2.05, 4.69) is 26.9 Å². The number of anilines is 1. The highest BCUT2D eigenvalue weighted by Gasteiger charge is 2.28. The van der Waals surface area contributed by atoms with Crippen molar-refractivity contribution in [2.45, 2.75) is 13.1 Å². The van der Waals surface area contributed by atoms with E-state index in [0.29, 0.717) is 25.3 Å². The van der Waals surface area contributed by atoms with Gasteiger partial charge < -0.3 is 25.4 Å². The molecule has 2 aromatic rings. The van der Waals surface area contributed by atoms with Gasteiger partial charge in [0.25, 0.3) is 5.91 Å². The number of ether oxygens (including phenoxy) is 2. The van der Waals surface area contributed by atoms with Crippen molar-refractivity contribution in [1.29, 1.82) is 0 Å². The second-order valence-electron chi connectivity index (χ2n) is 7.14. The van der Waals surface area contributed by atoms with Gasteiger partial charge in [0.15, 0.2) is 5.75 Å². The van der Waals surface area contributed by atoms with Crippen LogP contribution in [0.3, 0.4) is 0 Å². The molecule has 2 aliphatic rings. The number of hydrogen-bond acceptors (Lipinski definition) is 6. The van der Waals surface area contributed by atoms with Crippen molar-refractivity contribution >= 4 is 11.6 Å². The molecule has 0 aliphatic carbocycles. The molecular formula is C22H28N4O3. The number of hydrogen-bond donors (Lipinski definition) is 3. The molecule has 1 unspecified atom stereocenters. The van der Waals surface area contributed by atoms with E-state index in [0.717, 1.165) is 48.9 Å². The van der Waals surface area contributed by atoms with Gasteiger partial charge >= 0.3 is 0 Å². The Morgan fingerprint density at radius 2 is 2.03 bits per heavy atom. The van der Waals surface area contributed by atoms with E-state index < -0.39 is 0 Å². The average molecular weight is 396 g/mol. The summed E-state index contributed by atoms with van der Waals surface area (Å²) >= 11 is 0. The molecular weight excluding hydrogens is 368 g/mol. The molecule has 7 heteroatoms. The summed E-state index contributed by atoms with van der Waals surface area (Å²) in [5, 5.41) is 9.92. The number of benzene rings is 2. The van der Waals surface area contributed by atoms with Crippen LogP contribution in [0.2, 0.25) is 0 Å². The van der Waals surface area contributed by atoms with Gasteiger partial charge in [-0.2, -0.15) is 0 Å². The number of amides is 1. The highest BCUT2D eigenvalue weighted by Crippen LogP contribution is 2.41. The monoisotopic (exact) mass is 396 g/mol. The number of rotatable bonds is 6. The van der Waals surface area contributed by atoms with E-state index in [1.807, 2.05) is 37.3 Å². The van der Waals surface area contributed by atoms with Crippen LogP contribution in [-0.2, 0) is 4.74 Å². The molecule has 7 nitrogen and oxygen atoms in total. The first-order valence-corrected chi connectivity index (χ1v) is 10.2. The van der Waals surface area contributed by atoms with Crippen LogP contribution in [0.15, 0.2) is 42.5 Å². The van der Waals surface area contributed by atoms with Crippen LogP contribution in [0.5, 0.6) is 11.5 Å². The van der Waals surface area contributed by atoms with E-state index in [4.69, 9.17) is 9.47 Å². The topological polar surface area (TPSA) is 74.9 Å². The minimum atomic E-state index is -0.116. The van der Waals surface area contributed by atoms with Gasteiger partial charge in [-0.3, -0.25) is 9.69 Å². The van der Waals surface area contributed by atoms with E-state index in [-0.39, 0.29) is 12.1 Å². The van der Waals surface area contributed by atoms with Crippen molar-refractivity contribution in [3.05, 3.63) is 53.6 Å². The molecule has 1 atom stereocenters. The summed E-state index contributed by atoms with van der Waals surface area (Å²) in [6.45, 7) is 7.37. The van der Waals surface area contributed by atoms with Gasteiger partial charge in [0.05, 0.1) is 12.3 Å². The second-order valence-corrected chi connectivity index (χ2v) is 7.14. The zero-order valence-electron chi connectivity index (χ0n) is 16.7. The van der Waals surface area contributed by atoms with E-state index >= 15 is 0 Å². The lowest BCUT2D eigenvalue weighted by molar-refractivity contribution is 0.0922. The molecule has 0 spiro atoms. The van der Waals surface area contributed by atoms with E-state index in [1.54, 1.807) is 6.07 Å². The summed E-state index contributed by atoms with van der Waals surface area (Å²) in [6, 6.07) is 13.6. The first-order chi connectivity index (χ1) is 14.3. The van der Waals surface area contributed by atoms with Crippen molar-refractivity contribution < 1.29 is 14.3 Å². The van der Waals surface area contributed by atoms with Crippen LogP contribution in [0, 0.1) is 0 Å². The van der Waals surface area contributed by atoms with E-state index in [9.17, 15) is 4.79 Å². The van der Waals surface area contributed by atoms with Crippen molar-refractivity contribution in [2.75, 3.05) is 51.3 Å². The molecule has 4 rings (SSSR count). The third-order valence-electron chi connectivity index (χ3n) is 5.22. The molecule has 29 heavy (non-hydrogen) atoms. The average Bonchev–Trinajstić information content (AvgIpc) is 2.93. The quantitative estimate of drug-likeness (QED) is 0.652. The van der Waals surface area contributed by atoms with Crippen molar-refractivity contribution in [1.82, 2.24) is 15.5 Å². The van der Waals surface area contributed by atoms with Gasteiger partial charge in [0.1, 0.15) is 11.9 Å². The largest absolute Gasteiger partial charge is 0.455 e. The minimum Gasteiger partial charge on any atom is -0.455 e. The van der Waals surface area contributed by atoms with Gasteiger partial charge in [0.2, 0.25) is 0 Å². The van der Waals surface area contributed by atoms with Crippen molar-refractivity contribution in [3.63, 3.8) is 0 Å². The molecule has 0 bridgehead atoms. The fourth-order valence-corrected chi connectivity index (χ4v) is 3.73. The van der Waals surface area contributed by atoms with Crippen LogP contribution in [0.25, 0.3) is 0 Å². The van der Waals surface area contributed by atoms with Crippen molar-refractivity contribution in [2.24, 2.45) is 0 Å². The number of nitrogens with zero attached hydrogens (tertiary/aromatic N) is 1. The zero-order valence-corrected chi connectivity index (χ0v) is 16.7. The van der Waals surface area contributed by atoms with Crippen LogP contribution in [0.1, 0.15) is 29.0 Å². The molecule has 2 heterocycles. The third-order valence-corrected chi connectivity index (χ3v) is 5.22. The Hall–Kier alpha value is -2.61. The highest BCUT2D eigenvalue weighted by atomic mass is 16.5. The predicted octanol–water partition coefficient (Wildman–Crippen LogP) is 2.57. The smallest absolute Gasteiger partial charge is 0.251 e. The van der Waals surface area contributed by atoms with Crippen LogP contribution < -0.4 is 20.7 Å². The van der Waals surface area contributed by atoms with E-state index in [1.165, 1.54) is 0 Å². The Kier molecular flexibility index (Phi) is 6.29. The lowest BCUT2D eigenvalue weighted by Crippen LogP contribution is -2.47. The number of nitrogens with one attached hydrogen (secondary N) is 3. The molecule has 1 saturated heterocycles. The third kappa shape index (κ3) is 4.53. The molecule has 0 saturated carbocycles. The maximum absolute atomic E-state index is 12.5. The zero-order chi connectivity index (χ0) is 20.1. The molecule has 2 aliphatic heterocycles. The molecule has 1 fully saturated rings. The number of para-hydroxylation sites is 1. The first kappa shape index (κ1) is 19.7. The molecule has 2 aromatic carbocycles. The maximum atomic E-state index is 12.5. The number of fused-ring (bicyclic) bond motifs is 2. The number of piperazine rings is 1. The summed E-state index contributed by atoms with van der Waals surface area (Å²) in [7, 11) is 0. The fraction of sp³-hybridized carbons (Fsp3) is 0.409. The SMILES string of the molecule is CCOCCNC(=O)c1ccc2c(c1)NC(N1CCNCC1)c1ccccc1O2. The summed E-state index contributed by atoms with van der Waals surface area (Å²) in [5.74, 6) is 1.45. The number of carbonyl (C=O) groups is 1. The normalized spacial score (nSPS) is 18.6. The summed E-state index contributed by atoms with van der Waals surface area (Å²) in [4.78, 5) is 14.9. The van der Waals surface area contributed by atoms with Gasteiger partial charge in [-0.05, 0) is 31.2 Å². The molecule has 0 aromatic heterocycles. The van der Waals surface area contributed by atoms with Crippen LogP contribution in [-0.4, -0.2) is 56.7 Å². The first-order valence-electron chi connectivity index (χ1n) is 10.2. The Balaban J connectivity index is 1.58. The molecule has 0 radical (unpaired) electrons. The predicted molar refractivity (Wildman–Crippen MR) is 113 cm³/mol. The number of carbonyl (C=O) groups excluding carboxylic acids is 1. The Bertz CT molecular complexity index is 852. The second kappa shape index (κ2) is 9.26. The van der Waals surface area contributed by atoms with Gasteiger partial charge in [0, 0.05) is 50.5 Å². The Morgan fingerprint density at radius 3 is 2.86 bits per heavy atom. The van der Waals surface area contributed by atoms with Crippen LogP contribution >= 0.6 is 0 Å². The summed E-state index contributed by atoms with van der Waals surface area (Å²) in [5.41, 5.74) is 2.52. The lowest BCUT2D eigenvalue weighted by Gasteiger charge is -2.35. The lowest BCUT2D eigenvalue weighted by atomic mass is 10.1. The standard InChI is InChI=1S/C22H28N4O3/c1-2-28-14-11-24-22(27)16-7-8-20-18(15-16)25-21(26-12-9-23-10-13-26)17-5-3-4-6-19(17)29-20/h3-8,15,21,23,25H,2,9-14H2,1H3,(H,24,27). The molecule has 3 N–H and O–H groups in total. The van der Waals surface area contributed by atoms with Crippen LogP contribution in [0.4, 0.5) is 5.69 Å². The highest BCUT2D eigenvalue weighted by molar-refractivity contribution is 5.95. The Morgan fingerprint density at radius 1 is 1.21 bits per heavy atom. The molecule has 1 amide bonds. The fourth-order valence-electron chi connectivity index (χ4n) is 3.73. The summed E-state index contributed by atoms with van der Waals surface area (Å²) < 4.78 is 11.5. The van der Waals surface area contributed by atoms with Gasteiger partial charge in [-0.25, -0.2) is 0 Å². The maximum Gasteiger partial charge on any atom is 0.251 e. The molecule has 154 valence electrons. The Labute approximate surface area is 171 Å².